The van der Waals surface area contributed by atoms with Crippen LogP contribution in [0.2, 0.25) is 0 Å². The number of aryl methyl sites for hydroxylation is 2. The molecule has 1 N–H and O–H groups in total. The third-order valence-corrected chi connectivity index (χ3v) is 5.66. The quantitative estimate of drug-likeness (QED) is 0.295. The van der Waals surface area contributed by atoms with E-state index in [4.69, 9.17) is 9.26 Å². The van der Waals surface area contributed by atoms with Crippen LogP contribution in [0.4, 0.5) is 0 Å². The average molecular weight is 434 g/mol. The number of rotatable bonds is 10. The summed E-state index contributed by atoms with van der Waals surface area (Å²) in [5.74, 6) is 1.63. The number of fused-ring (bicyclic) bond motifs is 1. The summed E-state index contributed by atoms with van der Waals surface area (Å²) in [4.78, 5) is 31.7. The topological polar surface area (TPSA) is 103 Å². The van der Waals surface area contributed by atoms with Crippen molar-refractivity contribution in [1.29, 1.82) is 0 Å². The number of ether oxygens (including phenoxy) is 1. The monoisotopic (exact) mass is 434 g/mol. The van der Waals surface area contributed by atoms with Crippen LogP contribution in [0, 0.1) is 0 Å². The molecule has 8 nitrogen and oxygen atoms in total. The molecule has 0 unspecified atom stereocenters. The molecular weight excluding hydrogens is 408 g/mol. The lowest BCUT2D eigenvalue weighted by molar-refractivity contribution is 0.0970. The maximum Gasteiger partial charge on any atom is 0.250 e. The van der Waals surface area contributed by atoms with Gasteiger partial charge in [0, 0.05) is 43.7 Å². The smallest absolute Gasteiger partial charge is 0.250 e. The predicted molar refractivity (Wildman–Crippen MR) is 121 cm³/mol. The van der Waals surface area contributed by atoms with E-state index in [0.29, 0.717) is 17.9 Å². The van der Waals surface area contributed by atoms with E-state index < -0.39 is 0 Å². The van der Waals surface area contributed by atoms with Gasteiger partial charge in [-0.3, -0.25) is 9.59 Å². The normalized spacial score (nSPS) is 11.2. The first-order valence-electron chi connectivity index (χ1n) is 10.7. The van der Waals surface area contributed by atoms with Gasteiger partial charge in [0.1, 0.15) is 23.5 Å². The number of benzene rings is 1. The molecule has 0 aliphatic rings. The molecule has 0 radical (unpaired) electrons. The maximum atomic E-state index is 11.9. The number of methoxy groups -OCH3 is 1. The van der Waals surface area contributed by atoms with Crippen molar-refractivity contribution in [2.75, 3.05) is 7.11 Å². The van der Waals surface area contributed by atoms with Crippen molar-refractivity contribution in [3.63, 3.8) is 0 Å². The number of hydrogen-bond acceptors (Lipinski definition) is 6. The summed E-state index contributed by atoms with van der Waals surface area (Å²) in [7, 11) is 3.37. The number of carbonyl (C=O) groups is 1. The van der Waals surface area contributed by atoms with Crippen molar-refractivity contribution in [2.24, 2.45) is 7.05 Å². The lowest BCUT2D eigenvalue weighted by Gasteiger charge is -2.11. The van der Waals surface area contributed by atoms with E-state index in [1.54, 1.807) is 30.9 Å². The molecule has 0 aliphatic carbocycles. The van der Waals surface area contributed by atoms with E-state index in [9.17, 15) is 9.59 Å². The van der Waals surface area contributed by atoms with Crippen molar-refractivity contribution in [3.05, 3.63) is 64.7 Å². The minimum Gasteiger partial charge on any atom is -0.496 e. The predicted octanol–water partition coefficient (Wildman–Crippen LogP) is 4.30. The standard InChI is InChI=1S/C24H26N4O4/c1-28-20-14-22(31-2)17(13-16(20)9-10-24(28)30)19-15-25-23(26-19)8-6-4-3-5-7-21(29)18-11-12-32-27-18/h9-15H,3-8H2,1-2H3,(H,25,26). The first kappa shape index (κ1) is 21.5. The Morgan fingerprint density at radius 1 is 1.16 bits per heavy atom. The molecule has 1 aromatic carbocycles. The van der Waals surface area contributed by atoms with Crippen LogP contribution in [-0.4, -0.2) is 32.6 Å². The molecule has 0 amide bonds. The second-order valence-electron chi connectivity index (χ2n) is 7.81. The van der Waals surface area contributed by atoms with Gasteiger partial charge in [0.25, 0.3) is 5.56 Å². The van der Waals surface area contributed by atoms with Crippen molar-refractivity contribution >= 4 is 16.7 Å². The fraction of sp³-hybridized carbons (Fsp3) is 0.333. The summed E-state index contributed by atoms with van der Waals surface area (Å²) < 4.78 is 11.9. The van der Waals surface area contributed by atoms with Gasteiger partial charge in [-0.25, -0.2) is 4.98 Å². The fourth-order valence-corrected chi connectivity index (χ4v) is 3.82. The molecule has 4 aromatic rings. The molecule has 0 fully saturated rings. The zero-order valence-electron chi connectivity index (χ0n) is 18.3. The third-order valence-electron chi connectivity index (χ3n) is 5.66. The number of pyridine rings is 1. The number of hydrogen-bond donors (Lipinski definition) is 1. The van der Waals surface area contributed by atoms with E-state index in [0.717, 1.165) is 60.1 Å². The Kier molecular flexibility index (Phi) is 6.49. The van der Waals surface area contributed by atoms with Crippen LogP contribution >= 0.6 is 0 Å². The molecule has 8 heteroatoms. The van der Waals surface area contributed by atoms with Crippen molar-refractivity contribution in [1.82, 2.24) is 19.7 Å². The fourth-order valence-electron chi connectivity index (χ4n) is 3.82. The minimum absolute atomic E-state index is 0.0267. The van der Waals surface area contributed by atoms with Crippen LogP contribution in [0.15, 0.2) is 52.1 Å². The molecule has 3 heterocycles. The van der Waals surface area contributed by atoms with Crippen LogP contribution in [0.25, 0.3) is 22.2 Å². The van der Waals surface area contributed by atoms with Gasteiger partial charge < -0.3 is 18.8 Å². The van der Waals surface area contributed by atoms with E-state index >= 15 is 0 Å². The van der Waals surface area contributed by atoms with Crippen molar-refractivity contribution in [2.45, 2.75) is 38.5 Å². The summed E-state index contributed by atoms with van der Waals surface area (Å²) in [5.41, 5.74) is 2.95. The Morgan fingerprint density at radius 2 is 2.00 bits per heavy atom. The zero-order valence-corrected chi connectivity index (χ0v) is 18.3. The number of H-pyrrole nitrogens is 1. The van der Waals surface area contributed by atoms with Crippen molar-refractivity contribution < 1.29 is 14.1 Å². The summed E-state index contributed by atoms with van der Waals surface area (Å²) in [6.45, 7) is 0. The molecule has 0 spiro atoms. The van der Waals surface area contributed by atoms with Gasteiger partial charge in [0.05, 0.1) is 24.5 Å². The van der Waals surface area contributed by atoms with Crippen LogP contribution < -0.4 is 10.3 Å². The number of ketones is 1. The highest BCUT2D eigenvalue weighted by atomic mass is 16.5. The van der Waals surface area contributed by atoms with Gasteiger partial charge in [0.15, 0.2) is 5.78 Å². The number of carbonyl (C=O) groups excluding carboxylic acids is 1. The number of imidazole rings is 1. The Morgan fingerprint density at radius 3 is 2.78 bits per heavy atom. The van der Waals surface area contributed by atoms with Gasteiger partial charge in [0.2, 0.25) is 0 Å². The highest BCUT2D eigenvalue weighted by Crippen LogP contribution is 2.32. The van der Waals surface area contributed by atoms with Gasteiger partial charge in [-0.05, 0) is 30.4 Å². The molecule has 0 atom stereocenters. The summed E-state index contributed by atoms with van der Waals surface area (Å²) in [5, 5.41) is 4.63. The van der Waals surface area contributed by atoms with Gasteiger partial charge in [-0.1, -0.05) is 18.0 Å². The van der Waals surface area contributed by atoms with Gasteiger partial charge >= 0.3 is 0 Å². The van der Waals surface area contributed by atoms with E-state index in [2.05, 4.69) is 15.1 Å². The largest absolute Gasteiger partial charge is 0.496 e. The molecule has 32 heavy (non-hydrogen) atoms. The van der Waals surface area contributed by atoms with E-state index in [-0.39, 0.29) is 11.3 Å². The summed E-state index contributed by atoms with van der Waals surface area (Å²) in [6.07, 6.45) is 8.39. The number of nitrogens with zero attached hydrogens (tertiary/aromatic N) is 3. The number of unbranched alkanes of at least 4 members (excludes halogenated alkanes) is 3. The van der Waals surface area contributed by atoms with Crippen LogP contribution in [0.3, 0.4) is 0 Å². The molecule has 3 aromatic heterocycles. The summed E-state index contributed by atoms with van der Waals surface area (Å²) in [6, 6.07) is 8.88. The van der Waals surface area contributed by atoms with E-state index in [1.807, 2.05) is 24.4 Å². The Balaban J connectivity index is 1.34. The Bertz CT molecular complexity index is 1270. The molecule has 4 rings (SSSR count). The average Bonchev–Trinajstić information content (AvgIpc) is 3.50. The molecule has 0 saturated carbocycles. The lowest BCUT2D eigenvalue weighted by Crippen LogP contribution is -2.15. The van der Waals surface area contributed by atoms with Crippen LogP contribution in [-0.2, 0) is 13.5 Å². The molecule has 0 saturated heterocycles. The highest BCUT2D eigenvalue weighted by molar-refractivity contribution is 5.93. The first-order valence-corrected chi connectivity index (χ1v) is 10.7. The summed E-state index contributed by atoms with van der Waals surface area (Å²) >= 11 is 0. The number of nitrogens with one attached hydrogen (secondary N) is 1. The maximum absolute atomic E-state index is 11.9. The second-order valence-corrected chi connectivity index (χ2v) is 7.81. The minimum atomic E-state index is -0.0568. The van der Waals surface area contributed by atoms with E-state index in [1.165, 1.54) is 6.26 Å². The molecule has 0 aliphatic heterocycles. The number of aromatic amines is 1. The first-order chi connectivity index (χ1) is 15.6. The Hall–Kier alpha value is -3.68. The SMILES string of the molecule is COc1cc2c(ccc(=O)n2C)cc1-c1cnc(CCCCCCC(=O)c2ccon2)[nH]1. The second kappa shape index (κ2) is 9.64. The number of aromatic nitrogens is 4. The van der Waals surface area contributed by atoms with Crippen LogP contribution in [0.5, 0.6) is 5.75 Å². The third kappa shape index (κ3) is 4.64. The lowest BCUT2D eigenvalue weighted by atomic mass is 10.1. The van der Waals surface area contributed by atoms with Gasteiger partial charge in [-0.15, -0.1) is 0 Å². The zero-order chi connectivity index (χ0) is 22.5. The molecule has 0 bridgehead atoms. The molecular formula is C24H26N4O4. The molecule has 166 valence electrons. The Labute approximate surface area is 185 Å². The van der Waals surface area contributed by atoms with Crippen LogP contribution in [0.1, 0.15) is 48.4 Å². The van der Waals surface area contributed by atoms with Crippen molar-refractivity contribution in [3.8, 4) is 17.0 Å². The van der Waals surface area contributed by atoms with Gasteiger partial charge in [-0.2, -0.15) is 0 Å². The highest BCUT2D eigenvalue weighted by Gasteiger charge is 2.13. The number of Topliss-reactive ketones (excluding diaryl/α,β-unsaturated/α-hetero) is 1.